The van der Waals surface area contributed by atoms with Gasteiger partial charge in [-0.2, -0.15) is 5.26 Å². The molecule has 0 bridgehead atoms. The van der Waals surface area contributed by atoms with Crippen molar-refractivity contribution in [2.75, 3.05) is 12.8 Å². The maximum absolute atomic E-state index is 9.61. The molecule has 3 aromatic rings. The van der Waals surface area contributed by atoms with E-state index in [2.05, 4.69) is 11.1 Å². The van der Waals surface area contributed by atoms with E-state index in [0.717, 1.165) is 16.9 Å². The van der Waals surface area contributed by atoms with E-state index in [1.54, 1.807) is 7.11 Å². The van der Waals surface area contributed by atoms with Gasteiger partial charge in [-0.15, -0.1) is 0 Å². The molecule has 0 atom stereocenters. The number of methoxy groups -OCH3 is 1. The average molecular weight is 319 g/mol. The second-order valence-electron chi connectivity index (χ2n) is 5.43. The first-order valence-electron chi connectivity index (χ1n) is 7.47. The van der Waals surface area contributed by atoms with Crippen LogP contribution in [0.4, 0.5) is 5.82 Å². The Hall–Kier alpha value is -3.26. The molecule has 0 fully saturated rings. The first-order chi connectivity index (χ1) is 11.6. The number of aryl methyl sites for hydroxylation is 2. The zero-order valence-electron chi connectivity index (χ0n) is 13.8. The summed E-state index contributed by atoms with van der Waals surface area (Å²) in [6.45, 7) is 3.72. The SMILES string of the molecule is COc1ccccc1-c1c(C)nc(N)c(C#N)c1-c1ccc(C)o1. The van der Waals surface area contributed by atoms with Crippen molar-refractivity contribution in [3.8, 4) is 34.3 Å². The molecule has 0 aliphatic carbocycles. The van der Waals surface area contributed by atoms with Crippen molar-refractivity contribution in [2.45, 2.75) is 13.8 Å². The third kappa shape index (κ3) is 2.48. The largest absolute Gasteiger partial charge is 0.496 e. The fourth-order valence-corrected chi connectivity index (χ4v) is 2.84. The van der Waals surface area contributed by atoms with Gasteiger partial charge in [-0.05, 0) is 32.0 Å². The number of para-hydroxylation sites is 1. The van der Waals surface area contributed by atoms with Gasteiger partial charge in [0.2, 0.25) is 0 Å². The van der Waals surface area contributed by atoms with Gasteiger partial charge in [0.1, 0.15) is 34.7 Å². The molecule has 1 aromatic carbocycles. The molecule has 2 aromatic heterocycles. The molecule has 5 nitrogen and oxygen atoms in total. The smallest absolute Gasteiger partial charge is 0.142 e. The van der Waals surface area contributed by atoms with Crippen molar-refractivity contribution < 1.29 is 9.15 Å². The highest BCUT2D eigenvalue weighted by Gasteiger charge is 2.23. The summed E-state index contributed by atoms with van der Waals surface area (Å²) >= 11 is 0. The molecule has 24 heavy (non-hydrogen) atoms. The summed E-state index contributed by atoms with van der Waals surface area (Å²) < 4.78 is 11.3. The first-order valence-corrected chi connectivity index (χ1v) is 7.47. The van der Waals surface area contributed by atoms with Crippen molar-refractivity contribution >= 4 is 5.82 Å². The average Bonchev–Trinajstić information content (AvgIpc) is 3.00. The molecule has 0 saturated heterocycles. The molecule has 0 saturated carbocycles. The predicted molar refractivity (Wildman–Crippen MR) is 92.5 cm³/mol. The summed E-state index contributed by atoms with van der Waals surface area (Å²) in [7, 11) is 1.61. The van der Waals surface area contributed by atoms with E-state index < -0.39 is 0 Å². The molecule has 5 heteroatoms. The summed E-state index contributed by atoms with van der Waals surface area (Å²) in [5.41, 5.74) is 9.26. The fourth-order valence-electron chi connectivity index (χ4n) is 2.84. The molecule has 0 aliphatic rings. The Morgan fingerprint density at radius 2 is 1.88 bits per heavy atom. The Morgan fingerprint density at radius 1 is 1.12 bits per heavy atom. The molecule has 120 valence electrons. The monoisotopic (exact) mass is 319 g/mol. The molecule has 0 spiro atoms. The van der Waals surface area contributed by atoms with Crippen LogP contribution in [0.3, 0.4) is 0 Å². The normalized spacial score (nSPS) is 10.4. The molecule has 0 amide bonds. The number of rotatable bonds is 3. The quantitative estimate of drug-likeness (QED) is 0.786. The van der Waals surface area contributed by atoms with E-state index in [1.165, 1.54) is 0 Å². The Balaban J connectivity index is 2.44. The molecule has 3 rings (SSSR count). The first kappa shape index (κ1) is 15.6. The predicted octanol–water partition coefficient (Wildman–Crippen LogP) is 4.09. The maximum atomic E-state index is 9.61. The van der Waals surface area contributed by atoms with Gasteiger partial charge in [0, 0.05) is 22.4 Å². The number of nitrogen functional groups attached to an aromatic ring is 1. The molecular weight excluding hydrogens is 302 g/mol. The van der Waals surface area contributed by atoms with Gasteiger partial charge in [-0.3, -0.25) is 0 Å². The second kappa shape index (κ2) is 6.09. The van der Waals surface area contributed by atoms with Crippen LogP contribution in [0.15, 0.2) is 40.8 Å². The highest BCUT2D eigenvalue weighted by molar-refractivity contribution is 5.91. The van der Waals surface area contributed by atoms with Gasteiger partial charge >= 0.3 is 0 Å². The minimum absolute atomic E-state index is 0.192. The van der Waals surface area contributed by atoms with Crippen LogP contribution in [-0.4, -0.2) is 12.1 Å². The van der Waals surface area contributed by atoms with Gasteiger partial charge in [0.25, 0.3) is 0 Å². The number of anilines is 1. The summed E-state index contributed by atoms with van der Waals surface area (Å²) in [5, 5.41) is 9.61. The number of nitrogens with zero attached hydrogens (tertiary/aromatic N) is 2. The standard InChI is InChI=1S/C19H17N3O2/c1-11-8-9-16(24-11)18-14(10-20)19(21)22-12(2)17(18)13-6-4-5-7-15(13)23-3/h4-9H,1-3H3,(H2,21,22). The maximum Gasteiger partial charge on any atom is 0.142 e. The summed E-state index contributed by atoms with van der Waals surface area (Å²) in [6.07, 6.45) is 0. The van der Waals surface area contributed by atoms with Crippen LogP contribution in [0.5, 0.6) is 5.75 Å². The van der Waals surface area contributed by atoms with Crippen molar-refractivity contribution in [3.05, 3.63) is 53.4 Å². The van der Waals surface area contributed by atoms with E-state index in [9.17, 15) is 5.26 Å². The summed E-state index contributed by atoms with van der Waals surface area (Å²) in [4.78, 5) is 4.35. The third-order valence-electron chi connectivity index (χ3n) is 3.88. The Labute approximate surface area is 140 Å². The Morgan fingerprint density at radius 3 is 2.50 bits per heavy atom. The van der Waals surface area contributed by atoms with Crippen LogP contribution in [0.2, 0.25) is 0 Å². The van der Waals surface area contributed by atoms with E-state index in [0.29, 0.717) is 28.3 Å². The lowest BCUT2D eigenvalue weighted by Crippen LogP contribution is -2.03. The minimum atomic E-state index is 0.192. The van der Waals surface area contributed by atoms with Gasteiger partial charge in [0.15, 0.2) is 0 Å². The Kier molecular flexibility index (Phi) is 3.97. The van der Waals surface area contributed by atoms with Gasteiger partial charge < -0.3 is 14.9 Å². The number of hydrogen-bond donors (Lipinski definition) is 1. The van der Waals surface area contributed by atoms with E-state index in [-0.39, 0.29) is 5.82 Å². The lowest BCUT2D eigenvalue weighted by molar-refractivity contribution is 0.416. The third-order valence-corrected chi connectivity index (χ3v) is 3.88. The number of ether oxygens (including phenoxy) is 1. The van der Waals surface area contributed by atoms with Gasteiger partial charge in [-0.1, -0.05) is 18.2 Å². The number of hydrogen-bond acceptors (Lipinski definition) is 5. The van der Waals surface area contributed by atoms with Crippen LogP contribution >= 0.6 is 0 Å². The lowest BCUT2D eigenvalue weighted by Gasteiger charge is -2.16. The highest BCUT2D eigenvalue weighted by atomic mass is 16.5. The van der Waals surface area contributed by atoms with E-state index in [1.807, 2.05) is 50.2 Å². The highest BCUT2D eigenvalue weighted by Crippen LogP contribution is 2.42. The van der Waals surface area contributed by atoms with E-state index in [4.69, 9.17) is 14.9 Å². The topological polar surface area (TPSA) is 85.1 Å². The second-order valence-corrected chi connectivity index (χ2v) is 5.43. The van der Waals surface area contributed by atoms with Crippen LogP contribution in [-0.2, 0) is 0 Å². The minimum Gasteiger partial charge on any atom is -0.496 e. The lowest BCUT2D eigenvalue weighted by atomic mass is 9.93. The number of nitriles is 1. The number of pyridine rings is 1. The van der Waals surface area contributed by atoms with Crippen LogP contribution in [0.25, 0.3) is 22.5 Å². The van der Waals surface area contributed by atoms with Crippen molar-refractivity contribution in [1.29, 1.82) is 5.26 Å². The molecule has 2 heterocycles. The molecule has 2 N–H and O–H groups in total. The van der Waals surface area contributed by atoms with Gasteiger partial charge in [-0.25, -0.2) is 4.98 Å². The molecule has 0 aliphatic heterocycles. The van der Waals surface area contributed by atoms with Crippen LogP contribution in [0, 0.1) is 25.2 Å². The molecular formula is C19H17N3O2. The van der Waals surface area contributed by atoms with Crippen molar-refractivity contribution in [1.82, 2.24) is 4.98 Å². The number of aromatic nitrogens is 1. The number of furan rings is 1. The summed E-state index contributed by atoms with van der Waals surface area (Å²) in [6, 6.07) is 13.5. The van der Waals surface area contributed by atoms with Crippen molar-refractivity contribution in [2.24, 2.45) is 0 Å². The molecule has 0 radical (unpaired) electrons. The zero-order valence-corrected chi connectivity index (χ0v) is 13.8. The van der Waals surface area contributed by atoms with Gasteiger partial charge in [0.05, 0.1) is 7.11 Å². The van der Waals surface area contributed by atoms with Crippen LogP contribution < -0.4 is 10.5 Å². The van der Waals surface area contributed by atoms with Crippen LogP contribution in [0.1, 0.15) is 17.0 Å². The Bertz CT molecular complexity index is 952. The molecule has 0 unspecified atom stereocenters. The number of nitrogens with two attached hydrogens (primary N) is 1. The van der Waals surface area contributed by atoms with Crippen molar-refractivity contribution in [3.63, 3.8) is 0 Å². The van der Waals surface area contributed by atoms with E-state index >= 15 is 0 Å². The zero-order chi connectivity index (χ0) is 17.3. The number of benzene rings is 1. The fraction of sp³-hybridized carbons (Fsp3) is 0.158. The summed E-state index contributed by atoms with van der Waals surface area (Å²) in [5.74, 6) is 2.23.